The molecule has 2 aromatic carbocycles. The fourth-order valence-corrected chi connectivity index (χ4v) is 2.15. The molecule has 0 aliphatic heterocycles. The van der Waals surface area contributed by atoms with Gasteiger partial charge in [0.15, 0.2) is 5.76 Å². The Morgan fingerprint density at radius 3 is 2.14 bits per heavy atom. The summed E-state index contributed by atoms with van der Waals surface area (Å²) >= 11 is 11.8. The zero-order valence-corrected chi connectivity index (χ0v) is 13.0. The highest BCUT2D eigenvalue weighted by atomic mass is 35.5. The van der Waals surface area contributed by atoms with Crippen LogP contribution in [0.5, 0.6) is 5.75 Å². The molecule has 0 fully saturated rings. The average molecular weight is 331 g/mol. The minimum absolute atomic E-state index is 0.655. The summed E-state index contributed by atoms with van der Waals surface area (Å²) in [6, 6.07) is 16.5. The van der Waals surface area contributed by atoms with E-state index in [0.29, 0.717) is 21.6 Å². The van der Waals surface area contributed by atoms with Gasteiger partial charge in [0.25, 0.3) is 0 Å². The molecule has 3 aromatic rings. The van der Waals surface area contributed by atoms with Gasteiger partial charge in [0.2, 0.25) is 0 Å². The number of ether oxygens (including phenoxy) is 1. The Balaban J connectivity index is 1.93. The minimum atomic E-state index is 0.655. The van der Waals surface area contributed by atoms with Crippen molar-refractivity contribution in [2.45, 2.75) is 0 Å². The van der Waals surface area contributed by atoms with Gasteiger partial charge in [0.05, 0.1) is 0 Å². The van der Waals surface area contributed by atoms with Gasteiger partial charge < -0.3 is 4.74 Å². The van der Waals surface area contributed by atoms with Crippen molar-refractivity contribution >= 4 is 35.0 Å². The lowest BCUT2D eigenvalue weighted by atomic mass is 10.2. The molecule has 0 saturated heterocycles. The topological polar surface area (TPSA) is 37.9 Å². The highest BCUT2D eigenvalue weighted by molar-refractivity contribution is 6.30. The van der Waals surface area contributed by atoms with E-state index in [0.717, 1.165) is 11.3 Å². The van der Waals surface area contributed by atoms with Crippen LogP contribution >= 0.6 is 23.2 Å². The molecule has 0 saturated carbocycles. The molecule has 0 aliphatic carbocycles. The maximum atomic E-state index is 5.95. The first-order valence-corrected chi connectivity index (χ1v) is 7.37. The Kier molecular flexibility index (Phi) is 4.47. The lowest BCUT2D eigenvalue weighted by Crippen LogP contribution is -1.96. The zero-order chi connectivity index (χ0) is 15.4. The van der Waals surface area contributed by atoms with E-state index in [4.69, 9.17) is 27.9 Å². The second-order valence-corrected chi connectivity index (χ2v) is 5.46. The lowest BCUT2D eigenvalue weighted by Gasteiger charge is -2.09. The molecule has 0 unspecified atom stereocenters. The number of hydrogen-bond donors (Lipinski definition) is 1. The molecular weight excluding hydrogens is 319 g/mol. The largest absolute Gasteiger partial charge is 0.455 e. The van der Waals surface area contributed by atoms with Gasteiger partial charge in [-0.3, -0.25) is 5.10 Å². The normalized spacial score (nSPS) is 11.5. The summed E-state index contributed by atoms with van der Waals surface area (Å²) in [6.45, 7) is 0. The van der Waals surface area contributed by atoms with Gasteiger partial charge in [-0.05, 0) is 54.1 Å². The van der Waals surface area contributed by atoms with Crippen molar-refractivity contribution in [2.24, 2.45) is 0 Å². The number of aromatic amines is 1. The Hall–Kier alpha value is -2.23. The van der Waals surface area contributed by atoms with Gasteiger partial charge in [-0.1, -0.05) is 35.3 Å². The monoisotopic (exact) mass is 330 g/mol. The SMILES string of the molecule is Clc1ccc(/C=C(/Oc2ccc(Cl)cc2)c2ccn[nH]2)cc1. The number of rotatable bonds is 4. The third-order valence-corrected chi connectivity index (χ3v) is 3.48. The Morgan fingerprint density at radius 1 is 0.909 bits per heavy atom. The summed E-state index contributed by atoms with van der Waals surface area (Å²) in [5.41, 5.74) is 1.76. The van der Waals surface area contributed by atoms with Crippen molar-refractivity contribution in [2.75, 3.05) is 0 Å². The number of H-pyrrole nitrogens is 1. The first kappa shape index (κ1) is 14.7. The molecule has 110 valence electrons. The van der Waals surface area contributed by atoms with Crippen LogP contribution in [-0.2, 0) is 0 Å². The fourth-order valence-electron chi connectivity index (χ4n) is 1.90. The number of nitrogens with one attached hydrogen (secondary N) is 1. The molecule has 3 nitrogen and oxygen atoms in total. The van der Waals surface area contributed by atoms with Crippen molar-refractivity contribution in [3.8, 4) is 5.75 Å². The van der Waals surface area contributed by atoms with Crippen LogP contribution < -0.4 is 4.74 Å². The molecule has 1 heterocycles. The Morgan fingerprint density at radius 2 is 1.55 bits per heavy atom. The Labute approximate surface area is 138 Å². The highest BCUT2D eigenvalue weighted by Crippen LogP contribution is 2.24. The van der Waals surface area contributed by atoms with Crippen LogP contribution in [0.4, 0.5) is 0 Å². The third kappa shape index (κ3) is 3.70. The van der Waals surface area contributed by atoms with Crippen molar-refractivity contribution < 1.29 is 4.74 Å². The van der Waals surface area contributed by atoms with Gasteiger partial charge >= 0.3 is 0 Å². The molecule has 1 N–H and O–H groups in total. The number of hydrogen-bond acceptors (Lipinski definition) is 2. The predicted molar refractivity (Wildman–Crippen MR) is 90.0 cm³/mol. The maximum Gasteiger partial charge on any atom is 0.153 e. The van der Waals surface area contributed by atoms with E-state index in [9.17, 15) is 0 Å². The second kappa shape index (κ2) is 6.69. The first-order chi connectivity index (χ1) is 10.7. The fraction of sp³-hybridized carbons (Fsp3) is 0. The summed E-state index contributed by atoms with van der Waals surface area (Å²) in [4.78, 5) is 0. The lowest BCUT2D eigenvalue weighted by molar-refractivity contribution is 0.515. The number of aromatic nitrogens is 2. The Bertz CT molecular complexity index is 763. The third-order valence-electron chi connectivity index (χ3n) is 2.98. The summed E-state index contributed by atoms with van der Waals surface area (Å²) < 4.78 is 5.95. The van der Waals surface area contributed by atoms with E-state index < -0.39 is 0 Å². The molecule has 0 spiro atoms. The second-order valence-electron chi connectivity index (χ2n) is 4.59. The van der Waals surface area contributed by atoms with Gasteiger partial charge in [0, 0.05) is 16.2 Å². The van der Waals surface area contributed by atoms with Crippen molar-refractivity contribution in [3.63, 3.8) is 0 Å². The number of halogens is 2. The summed E-state index contributed by atoms with van der Waals surface area (Å²) in [6.07, 6.45) is 3.59. The van der Waals surface area contributed by atoms with Gasteiger partial charge in [-0.2, -0.15) is 5.10 Å². The minimum Gasteiger partial charge on any atom is -0.455 e. The summed E-state index contributed by atoms with van der Waals surface area (Å²) in [5, 5.41) is 8.23. The smallest absolute Gasteiger partial charge is 0.153 e. The van der Waals surface area contributed by atoms with Crippen molar-refractivity contribution in [3.05, 3.63) is 82.1 Å². The van der Waals surface area contributed by atoms with Gasteiger partial charge in [0.1, 0.15) is 11.4 Å². The predicted octanol–water partition coefficient (Wildman–Crippen LogP) is 5.29. The molecule has 0 amide bonds. The first-order valence-electron chi connectivity index (χ1n) is 6.61. The number of benzene rings is 2. The van der Waals surface area contributed by atoms with Crippen LogP contribution in [0.15, 0.2) is 60.8 Å². The quantitative estimate of drug-likeness (QED) is 0.659. The average Bonchev–Trinajstić information content (AvgIpc) is 3.05. The van der Waals surface area contributed by atoms with Gasteiger partial charge in [-0.25, -0.2) is 0 Å². The van der Waals surface area contributed by atoms with E-state index in [1.165, 1.54) is 0 Å². The molecule has 0 atom stereocenters. The number of nitrogens with zero attached hydrogens (tertiary/aromatic N) is 1. The van der Waals surface area contributed by atoms with Crippen molar-refractivity contribution in [1.29, 1.82) is 0 Å². The zero-order valence-electron chi connectivity index (χ0n) is 11.5. The maximum absolute atomic E-state index is 5.95. The molecule has 0 radical (unpaired) electrons. The molecule has 1 aromatic heterocycles. The van der Waals surface area contributed by atoms with Crippen LogP contribution in [0.25, 0.3) is 11.8 Å². The molecule has 0 aliphatic rings. The molecule has 0 bridgehead atoms. The van der Waals surface area contributed by atoms with E-state index >= 15 is 0 Å². The summed E-state index contributed by atoms with van der Waals surface area (Å²) in [5.74, 6) is 1.35. The van der Waals surface area contributed by atoms with Crippen LogP contribution in [-0.4, -0.2) is 10.2 Å². The van der Waals surface area contributed by atoms with E-state index in [1.54, 1.807) is 18.3 Å². The molecule has 5 heteroatoms. The molecule has 3 rings (SSSR count). The van der Waals surface area contributed by atoms with Crippen LogP contribution in [0.2, 0.25) is 10.0 Å². The van der Waals surface area contributed by atoms with E-state index in [1.807, 2.05) is 48.5 Å². The van der Waals surface area contributed by atoms with Crippen LogP contribution in [0.1, 0.15) is 11.3 Å². The van der Waals surface area contributed by atoms with Crippen LogP contribution in [0, 0.1) is 0 Å². The molecule has 22 heavy (non-hydrogen) atoms. The van der Waals surface area contributed by atoms with Gasteiger partial charge in [-0.15, -0.1) is 0 Å². The highest BCUT2D eigenvalue weighted by Gasteiger charge is 2.07. The van der Waals surface area contributed by atoms with Crippen LogP contribution in [0.3, 0.4) is 0 Å². The van der Waals surface area contributed by atoms with Crippen molar-refractivity contribution in [1.82, 2.24) is 10.2 Å². The summed E-state index contributed by atoms with van der Waals surface area (Å²) in [7, 11) is 0. The standard InChI is InChI=1S/C17H12Cl2N2O/c18-13-3-1-12(2-4-13)11-17(16-9-10-20-21-16)22-15-7-5-14(19)6-8-15/h1-11H,(H,20,21)/b17-11+. The van der Waals surface area contributed by atoms with E-state index in [-0.39, 0.29) is 0 Å². The van der Waals surface area contributed by atoms with E-state index in [2.05, 4.69) is 10.2 Å². The molecular formula is C17H12Cl2N2O.